The largest absolute Gasteiger partial charge is 0.451 e. The summed E-state index contributed by atoms with van der Waals surface area (Å²) in [6.45, 7) is 1.56. The lowest BCUT2D eigenvalue weighted by Gasteiger charge is -2.14. The maximum Gasteiger partial charge on any atom is 0.340 e. The number of ether oxygens (including phenoxy) is 1. The Morgan fingerprint density at radius 3 is 2.58 bits per heavy atom. The van der Waals surface area contributed by atoms with Gasteiger partial charge in [-0.25, -0.2) is 4.79 Å². The minimum Gasteiger partial charge on any atom is -0.451 e. The second-order valence-corrected chi connectivity index (χ2v) is 6.72. The number of carbonyl (C=O) groups is 2. The SMILES string of the molecule is C[C@H](OC(=O)c1cc(Cl)ccc1Cl)C(=O)c1ccc2c(c1)CCC2. The zero-order valence-electron chi connectivity index (χ0n) is 13.1. The van der Waals surface area contributed by atoms with Gasteiger partial charge in [-0.05, 0) is 61.6 Å². The summed E-state index contributed by atoms with van der Waals surface area (Å²) in [5.41, 5.74) is 3.21. The van der Waals surface area contributed by atoms with Gasteiger partial charge in [-0.15, -0.1) is 0 Å². The number of benzene rings is 2. The van der Waals surface area contributed by atoms with Gasteiger partial charge in [-0.3, -0.25) is 4.79 Å². The van der Waals surface area contributed by atoms with Gasteiger partial charge in [0, 0.05) is 10.6 Å². The molecule has 0 bridgehead atoms. The molecular weight excluding hydrogens is 347 g/mol. The molecule has 24 heavy (non-hydrogen) atoms. The highest BCUT2D eigenvalue weighted by Gasteiger charge is 2.23. The van der Waals surface area contributed by atoms with Crippen LogP contribution in [0.4, 0.5) is 0 Å². The molecule has 1 aliphatic rings. The molecule has 0 saturated heterocycles. The lowest BCUT2D eigenvalue weighted by molar-refractivity contribution is 0.0319. The van der Waals surface area contributed by atoms with E-state index in [0.29, 0.717) is 10.6 Å². The lowest BCUT2D eigenvalue weighted by Crippen LogP contribution is -2.24. The van der Waals surface area contributed by atoms with E-state index >= 15 is 0 Å². The number of carbonyl (C=O) groups excluding carboxylic acids is 2. The fourth-order valence-corrected chi connectivity index (χ4v) is 3.26. The number of rotatable bonds is 4. The number of ketones is 1. The Morgan fingerprint density at radius 1 is 1.04 bits per heavy atom. The van der Waals surface area contributed by atoms with Crippen molar-refractivity contribution in [3.8, 4) is 0 Å². The number of fused-ring (bicyclic) bond motifs is 1. The predicted octanol–water partition coefficient (Wildman–Crippen LogP) is 4.91. The van der Waals surface area contributed by atoms with Crippen molar-refractivity contribution < 1.29 is 14.3 Å². The van der Waals surface area contributed by atoms with Crippen LogP contribution in [-0.4, -0.2) is 17.9 Å². The van der Waals surface area contributed by atoms with Gasteiger partial charge in [0.25, 0.3) is 0 Å². The molecule has 1 atom stereocenters. The van der Waals surface area contributed by atoms with Crippen LogP contribution >= 0.6 is 23.2 Å². The quantitative estimate of drug-likeness (QED) is 0.573. The van der Waals surface area contributed by atoms with Crippen molar-refractivity contribution in [1.82, 2.24) is 0 Å². The summed E-state index contributed by atoms with van der Waals surface area (Å²) in [7, 11) is 0. The molecule has 0 unspecified atom stereocenters. The van der Waals surface area contributed by atoms with E-state index in [2.05, 4.69) is 0 Å². The molecule has 2 aromatic rings. The third-order valence-electron chi connectivity index (χ3n) is 4.18. The van der Waals surface area contributed by atoms with E-state index in [0.717, 1.165) is 19.3 Å². The Bertz CT molecular complexity index is 814. The minimum absolute atomic E-state index is 0.151. The van der Waals surface area contributed by atoms with E-state index in [9.17, 15) is 9.59 Å². The first kappa shape index (κ1) is 17.0. The van der Waals surface area contributed by atoms with Gasteiger partial charge in [0.05, 0.1) is 10.6 Å². The molecule has 1 aliphatic carbocycles. The maximum absolute atomic E-state index is 12.5. The zero-order valence-corrected chi connectivity index (χ0v) is 14.7. The maximum atomic E-state index is 12.5. The topological polar surface area (TPSA) is 43.4 Å². The number of hydrogen-bond donors (Lipinski definition) is 0. The van der Waals surface area contributed by atoms with E-state index in [4.69, 9.17) is 27.9 Å². The first-order valence-corrected chi connectivity index (χ1v) is 8.53. The summed E-state index contributed by atoms with van der Waals surface area (Å²) in [6, 6.07) is 10.2. The van der Waals surface area contributed by atoms with Gasteiger partial charge < -0.3 is 4.74 Å². The van der Waals surface area contributed by atoms with E-state index < -0.39 is 12.1 Å². The molecule has 5 heteroatoms. The van der Waals surface area contributed by atoms with Crippen LogP contribution in [-0.2, 0) is 17.6 Å². The van der Waals surface area contributed by atoms with Crippen molar-refractivity contribution in [2.45, 2.75) is 32.3 Å². The Balaban J connectivity index is 1.74. The first-order valence-electron chi connectivity index (χ1n) is 7.78. The molecule has 0 N–H and O–H groups in total. The molecule has 0 radical (unpaired) electrons. The number of esters is 1. The fourth-order valence-electron chi connectivity index (χ4n) is 2.89. The molecule has 0 heterocycles. The van der Waals surface area contributed by atoms with E-state index in [-0.39, 0.29) is 16.4 Å². The molecule has 3 rings (SSSR count). The van der Waals surface area contributed by atoms with Crippen molar-refractivity contribution in [2.75, 3.05) is 0 Å². The number of halogens is 2. The Morgan fingerprint density at radius 2 is 1.79 bits per heavy atom. The zero-order chi connectivity index (χ0) is 17.3. The van der Waals surface area contributed by atoms with Crippen LogP contribution in [0, 0.1) is 0 Å². The van der Waals surface area contributed by atoms with Crippen LogP contribution in [0.1, 0.15) is 45.2 Å². The molecule has 0 spiro atoms. The van der Waals surface area contributed by atoms with Crippen LogP contribution < -0.4 is 0 Å². The summed E-state index contributed by atoms with van der Waals surface area (Å²) in [4.78, 5) is 24.8. The molecule has 0 saturated carbocycles. The van der Waals surface area contributed by atoms with Crippen molar-refractivity contribution in [2.24, 2.45) is 0 Å². The van der Waals surface area contributed by atoms with Crippen molar-refractivity contribution in [3.05, 3.63) is 68.7 Å². The molecule has 3 nitrogen and oxygen atoms in total. The van der Waals surface area contributed by atoms with Gasteiger partial charge in [0.2, 0.25) is 5.78 Å². The Kier molecular flexibility index (Phi) is 4.93. The summed E-state index contributed by atoms with van der Waals surface area (Å²) >= 11 is 11.9. The summed E-state index contributed by atoms with van der Waals surface area (Å²) in [5, 5.41) is 0.616. The average Bonchev–Trinajstić information content (AvgIpc) is 3.03. The highest BCUT2D eigenvalue weighted by atomic mass is 35.5. The molecule has 0 aromatic heterocycles. The smallest absolute Gasteiger partial charge is 0.340 e. The van der Waals surface area contributed by atoms with E-state index in [1.54, 1.807) is 19.1 Å². The van der Waals surface area contributed by atoms with Gasteiger partial charge in [-0.1, -0.05) is 35.3 Å². The normalized spacial score (nSPS) is 14.1. The summed E-state index contributed by atoms with van der Waals surface area (Å²) < 4.78 is 5.28. The molecule has 0 fully saturated rings. The average molecular weight is 363 g/mol. The third-order valence-corrected chi connectivity index (χ3v) is 4.75. The Labute approximate surface area is 150 Å². The van der Waals surface area contributed by atoms with Crippen LogP contribution in [0.2, 0.25) is 10.0 Å². The molecule has 0 aliphatic heterocycles. The minimum atomic E-state index is -0.896. The van der Waals surface area contributed by atoms with Crippen LogP contribution in [0.5, 0.6) is 0 Å². The first-order chi connectivity index (χ1) is 11.5. The van der Waals surface area contributed by atoms with Gasteiger partial charge in [0.15, 0.2) is 6.10 Å². The highest BCUT2D eigenvalue weighted by molar-refractivity contribution is 6.35. The summed E-state index contributed by atoms with van der Waals surface area (Å²) in [5.74, 6) is -0.888. The highest BCUT2D eigenvalue weighted by Crippen LogP contribution is 2.25. The molecular formula is C19H16Cl2O3. The lowest BCUT2D eigenvalue weighted by atomic mass is 10.0. The summed E-state index contributed by atoms with van der Waals surface area (Å²) in [6.07, 6.45) is 2.27. The number of aryl methyl sites for hydroxylation is 2. The second kappa shape index (κ2) is 6.96. The van der Waals surface area contributed by atoms with E-state index in [1.807, 2.05) is 12.1 Å². The van der Waals surface area contributed by atoms with Crippen molar-refractivity contribution in [1.29, 1.82) is 0 Å². The van der Waals surface area contributed by atoms with Gasteiger partial charge in [-0.2, -0.15) is 0 Å². The van der Waals surface area contributed by atoms with Crippen molar-refractivity contribution >= 4 is 35.0 Å². The molecule has 2 aromatic carbocycles. The van der Waals surface area contributed by atoms with Gasteiger partial charge >= 0.3 is 5.97 Å². The van der Waals surface area contributed by atoms with E-state index in [1.165, 1.54) is 23.3 Å². The van der Waals surface area contributed by atoms with Gasteiger partial charge in [0.1, 0.15) is 0 Å². The molecule has 124 valence electrons. The number of hydrogen-bond acceptors (Lipinski definition) is 3. The standard InChI is InChI=1S/C19H16Cl2O3/c1-11(24-19(23)16-10-15(20)7-8-17(16)21)18(22)14-6-5-12-3-2-4-13(12)9-14/h5-11H,2-4H2,1H3/t11-/m0/s1. The Hall–Kier alpha value is -1.84. The van der Waals surface area contributed by atoms with Crippen LogP contribution in [0.15, 0.2) is 36.4 Å². The second-order valence-electron chi connectivity index (χ2n) is 5.87. The fraction of sp³-hybridized carbons (Fsp3) is 0.263. The van der Waals surface area contributed by atoms with Crippen LogP contribution in [0.3, 0.4) is 0 Å². The predicted molar refractivity (Wildman–Crippen MR) is 94.1 cm³/mol. The van der Waals surface area contributed by atoms with Crippen molar-refractivity contribution in [3.63, 3.8) is 0 Å². The molecule has 0 amide bonds. The van der Waals surface area contributed by atoms with Crippen LogP contribution in [0.25, 0.3) is 0 Å². The third kappa shape index (κ3) is 3.47. The number of Topliss-reactive ketones (excluding diaryl/α,β-unsaturated/α-hetero) is 1. The monoisotopic (exact) mass is 362 g/mol.